The Hall–Kier alpha value is -1.91. The third-order valence-electron chi connectivity index (χ3n) is 3.69. The molecule has 0 unspecified atom stereocenters. The number of aromatic amines is 1. The third kappa shape index (κ3) is 2.03. The van der Waals surface area contributed by atoms with Crippen LogP contribution < -0.4 is 21.1 Å². The Balaban J connectivity index is 1.99. The van der Waals surface area contributed by atoms with E-state index in [4.69, 9.17) is 15.6 Å². The van der Waals surface area contributed by atoms with E-state index in [0.717, 1.165) is 0 Å². The Labute approximate surface area is 118 Å². The summed E-state index contributed by atoms with van der Waals surface area (Å²) < 4.78 is 19.2. The summed E-state index contributed by atoms with van der Waals surface area (Å²) in [4.78, 5) is 21.4. The molecule has 1 fully saturated rings. The topological polar surface area (TPSA) is 128 Å². The molecular formula is C11H16FN5O4. The molecule has 10 heteroatoms. The second kappa shape index (κ2) is 4.83. The molecule has 3 heterocycles. The maximum absolute atomic E-state index is 13.8. The molecule has 2 aliphatic heterocycles. The smallest absolute Gasteiger partial charge is 0.278 e. The second-order valence-electron chi connectivity index (χ2n) is 5.12. The Morgan fingerprint density at radius 3 is 2.95 bits per heavy atom. The van der Waals surface area contributed by atoms with Crippen LogP contribution >= 0.6 is 0 Å². The number of aliphatic hydroxyl groups excluding tert-OH is 2. The summed E-state index contributed by atoms with van der Waals surface area (Å²) in [5.74, 6) is 0.135. The van der Waals surface area contributed by atoms with E-state index < -0.39 is 36.8 Å². The Bertz CT molecular complexity index is 611. The largest absolute Gasteiger partial charge is 0.394 e. The molecule has 5 N–H and O–H groups in total. The van der Waals surface area contributed by atoms with Crippen molar-refractivity contribution in [1.82, 2.24) is 9.97 Å². The number of hydrogen-bond donors (Lipinski definition) is 4. The molecule has 1 aromatic rings. The summed E-state index contributed by atoms with van der Waals surface area (Å²) in [6, 6.07) is 0. The van der Waals surface area contributed by atoms with Crippen LogP contribution in [0.1, 0.15) is 0 Å². The zero-order valence-electron chi connectivity index (χ0n) is 11.2. The lowest BCUT2D eigenvalue weighted by molar-refractivity contribution is -0.0134. The fourth-order valence-electron chi connectivity index (χ4n) is 2.70. The van der Waals surface area contributed by atoms with Crippen molar-refractivity contribution in [2.75, 3.05) is 35.9 Å². The lowest BCUT2D eigenvalue weighted by atomic mass is 10.1. The number of nitrogens with two attached hydrogens (primary N) is 1. The molecule has 116 valence electrons. The number of halogens is 1. The van der Waals surface area contributed by atoms with Gasteiger partial charge in [-0.1, -0.05) is 0 Å². The van der Waals surface area contributed by atoms with Crippen molar-refractivity contribution in [1.29, 1.82) is 0 Å². The number of aliphatic hydroxyl groups is 2. The number of H-pyrrole nitrogens is 1. The van der Waals surface area contributed by atoms with Crippen LogP contribution in [0, 0.1) is 0 Å². The van der Waals surface area contributed by atoms with Crippen molar-refractivity contribution >= 4 is 17.5 Å². The molecule has 0 aromatic carbocycles. The quantitative estimate of drug-likeness (QED) is 0.493. The molecule has 3 rings (SSSR count). The number of anilines is 3. The highest BCUT2D eigenvalue weighted by Gasteiger charge is 2.49. The van der Waals surface area contributed by atoms with Gasteiger partial charge >= 0.3 is 0 Å². The average Bonchev–Trinajstić information content (AvgIpc) is 2.89. The summed E-state index contributed by atoms with van der Waals surface area (Å²) in [5.41, 5.74) is 5.37. The fraction of sp³-hybridized carbons (Fsp3) is 0.636. The fourth-order valence-corrected chi connectivity index (χ4v) is 2.70. The van der Waals surface area contributed by atoms with Crippen molar-refractivity contribution in [2.45, 2.75) is 24.6 Å². The van der Waals surface area contributed by atoms with Crippen LogP contribution in [0.25, 0.3) is 0 Å². The van der Waals surface area contributed by atoms with Crippen LogP contribution in [0.5, 0.6) is 0 Å². The van der Waals surface area contributed by atoms with Gasteiger partial charge in [-0.15, -0.1) is 0 Å². The molecule has 1 aromatic heterocycles. The van der Waals surface area contributed by atoms with E-state index in [1.54, 1.807) is 11.9 Å². The Kier molecular flexibility index (Phi) is 3.23. The molecule has 2 aliphatic rings. The number of aromatic nitrogens is 2. The number of nitrogens with one attached hydrogen (secondary N) is 1. The van der Waals surface area contributed by atoms with Gasteiger partial charge in [-0.05, 0) is 0 Å². The van der Waals surface area contributed by atoms with E-state index in [2.05, 4.69) is 9.97 Å². The summed E-state index contributed by atoms with van der Waals surface area (Å²) in [7, 11) is 1.66. The first kappa shape index (κ1) is 14.0. The zero-order chi connectivity index (χ0) is 15.3. The van der Waals surface area contributed by atoms with Crippen LogP contribution in [0.4, 0.5) is 21.8 Å². The number of nitrogens with zero attached hydrogens (tertiary/aromatic N) is 3. The number of alkyl halides is 1. The van der Waals surface area contributed by atoms with E-state index in [1.165, 1.54) is 4.90 Å². The lowest BCUT2D eigenvalue weighted by Crippen LogP contribution is -2.45. The zero-order valence-corrected chi connectivity index (χ0v) is 11.2. The first-order valence-corrected chi connectivity index (χ1v) is 6.40. The maximum Gasteiger partial charge on any atom is 0.278 e. The Morgan fingerprint density at radius 1 is 1.62 bits per heavy atom. The molecule has 0 amide bonds. The van der Waals surface area contributed by atoms with E-state index in [0.29, 0.717) is 0 Å². The summed E-state index contributed by atoms with van der Waals surface area (Å²) >= 11 is 0. The van der Waals surface area contributed by atoms with Gasteiger partial charge in [0.1, 0.15) is 17.9 Å². The summed E-state index contributed by atoms with van der Waals surface area (Å²) in [5, 5.41) is 19.0. The van der Waals surface area contributed by atoms with Crippen molar-refractivity contribution in [3.8, 4) is 0 Å². The standard InChI is InChI=1S/C11H16FN5O4/c1-16-3-17(8-6(16)9(20)15-11(13)14-8)10-7(19)5(12)4(2-18)21-10/h4-5,7,10,18-19H,2-3H2,1H3,(H3,13,14,15,20)/t4-,5-,7-,10-/m1/s1. The highest BCUT2D eigenvalue weighted by molar-refractivity contribution is 5.72. The van der Waals surface area contributed by atoms with Gasteiger partial charge in [-0.3, -0.25) is 9.78 Å². The van der Waals surface area contributed by atoms with Crippen molar-refractivity contribution in [3.05, 3.63) is 10.4 Å². The molecular weight excluding hydrogens is 285 g/mol. The van der Waals surface area contributed by atoms with Crippen LogP contribution in [0.15, 0.2) is 4.79 Å². The average molecular weight is 301 g/mol. The first-order valence-electron chi connectivity index (χ1n) is 6.40. The molecule has 21 heavy (non-hydrogen) atoms. The monoisotopic (exact) mass is 301 g/mol. The van der Waals surface area contributed by atoms with Crippen molar-refractivity contribution < 1.29 is 19.3 Å². The molecule has 1 saturated heterocycles. The minimum Gasteiger partial charge on any atom is -0.394 e. The summed E-state index contributed by atoms with van der Waals surface area (Å²) in [6.45, 7) is -0.363. The maximum atomic E-state index is 13.8. The van der Waals surface area contributed by atoms with Gasteiger partial charge in [0.25, 0.3) is 5.56 Å². The first-order chi connectivity index (χ1) is 9.93. The second-order valence-corrected chi connectivity index (χ2v) is 5.12. The van der Waals surface area contributed by atoms with Gasteiger partial charge in [-0.2, -0.15) is 4.98 Å². The minimum absolute atomic E-state index is 0.0814. The number of nitrogen functional groups attached to an aromatic ring is 1. The van der Waals surface area contributed by atoms with E-state index >= 15 is 0 Å². The molecule has 0 aliphatic carbocycles. The van der Waals surface area contributed by atoms with E-state index in [-0.39, 0.29) is 24.1 Å². The highest BCUT2D eigenvalue weighted by Crippen LogP contribution is 2.36. The number of ether oxygens (including phenoxy) is 1. The molecule has 0 spiro atoms. The van der Waals surface area contributed by atoms with Gasteiger partial charge in [0.05, 0.1) is 13.3 Å². The molecule has 0 bridgehead atoms. The van der Waals surface area contributed by atoms with Gasteiger partial charge in [0, 0.05) is 7.05 Å². The molecule has 0 saturated carbocycles. The van der Waals surface area contributed by atoms with Gasteiger partial charge in [-0.25, -0.2) is 4.39 Å². The molecule has 4 atom stereocenters. The molecule has 9 nitrogen and oxygen atoms in total. The van der Waals surface area contributed by atoms with E-state index in [1.807, 2.05) is 0 Å². The van der Waals surface area contributed by atoms with Gasteiger partial charge in [0.2, 0.25) is 5.95 Å². The van der Waals surface area contributed by atoms with Crippen LogP contribution in [-0.4, -0.2) is 65.1 Å². The normalized spacial score (nSPS) is 31.8. The number of hydrogen-bond acceptors (Lipinski definition) is 8. The van der Waals surface area contributed by atoms with Crippen molar-refractivity contribution in [2.24, 2.45) is 0 Å². The molecule has 0 radical (unpaired) electrons. The third-order valence-corrected chi connectivity index (χ3v) is 3.69. The van der Waals surface area contributed by atoms with Crippen LogP contribution in [-0.2, 0) is 4.74 Å². The number of rotatable bonds is 2. The van der Waals surface area contributed by atoms with E-state index in [9.17, 15) is 14.3 Å². The van der Waals surface area contributed by atoms with Crippen LogP contribution in [0.3, 0.4) is 0 Å². The van der Waals surface area contributed by atoms with Gasteiger partial charge < -0.3 is 30.5 Å². The predicted molar refractivity (Wildman–Crippen MR) is 71.7 cm³/mol. The summed E-state index contributed by atoms with van der Waals surface area (Å²) in [6.07, 6.45) is -5.33. The van der Waals surface area contributed by atoms with Crippen molar-refractivity contribution in [3.63, 3.8) is 0 Å². The minimum atomic E-state index is -1.71. The highest BCUT2D eigenvalue weighted by atomic mass is 19.1. The van der Waals surface area contributed by atoms with Gasteiger partial charge in [0.15, 0.2) is 18.2 Å². The Morgan fingerprint density at radius 2 is 2.33 bits per heavy atom. The SMILES string of the molecule is CN1CN([C@@H]2O[C@H](CO)[C@@H](F)[C@H]2O)c2nc(N)[nH]c(=O)c21. The van der Waals surface area contributed by atoms with Crippen LogP contribution in [0.2, 0.25) is 0 Å². The lowest BCUT2D eigenvalue weighted by Gasteiger charge is -2.27. The predicted octanol–water partition coefficient (Wildman–Crippen LogP) is -2.02. The number of fused-ring (bicyclic) bond motifs is 1.